The quantitative estimate of drug-likeness (QED) is 0.691. The molecule has 0 aliphatic carbocycles. The molecular formula is C23H27FN6. The van der Waals surface area contributed by atoms with E-state index < -0.39 is 0 Å². The van der Waals surface area contributed by atoms with Crippen molar-refractivity contribution in [1.82, 2.24) is 9.97 Å². The number of para-hydroxylation sites is 1. The van der Waals surface area contributed by atoms with Crippen LogP contribution in [-0.2, 0) is 0 Å². The van der Waals surface area contributed by atoms with Gasteiger partial charge in [0.1, 0.15) is 17.8 Å². The lowest BCUT2D eigenvalue weighted by Gasteiger charge is -2.37. The van der Waals surface area contributed by atoms with Gasteiger partial charge in [-0.15, -0.1) is 0 Å². The number of aryl methyl sites for hydroxylation is 1. The molecule has 1 saturated heterocycles. The zero-order valence-corrected chi connectivity index (χ0v) is 17.4. The third-order valence-electron chi connectivity index (χ3n) is 5.50. The maximum atomic E-state index is 14.1. The van der Waals surface area contributed by atoms with E-state index in [-0.39, 0.29) is 5.82 Å². The molecule has 1 aliphatic rings. The van der Waals surface area contributed by atoms with Gasteiger partial charge < -0.3 is 20.4 Å². The van der Waals surface area contributed by atoms with Crippen LogP contribution in [0.15, 0.2) is 54.9 Å². The van der Waals surface area contributed by atoms with Crippen LogP contribution in [0.3, 0.4) is 0 Å². The van der Waals surface area contributed by atoms with Crippen molar-refractivity contribution in [1.29, 1.82) is 0 Å². The molecule has 0 bridgehead atoms. The summed E-state index contributed by atoms with van der Waals surface area (Å²) >= 11 is 0. The SMILES string of the molecule is CCN(c1cccc(C)c1)c1ncnc(N2CCN(c3ccccc3F)CC2)c1N. The fourth-order valence-electron chi connectivity index (χ4n) is 3.96. The molecule has 1 aliphatic heterocycles. The summed E-state index contributed by atoms with van der Waals surface area (Å²) in [4.78, 5) is 15.3. The summed E-state index contributed by atoms with van der Waals surface area (Å²) in [6.45, 7) is 7.73. The van der Waals surface area contributed by atoms with E-state index >= 15 is 0 Å². The van der Waals surface area contributed by atoms with Crippen LogP contribution in [0.5, 0.6) is 0 Å². The van der Waals surface area contributed by atoms with Crippen molar-refractivity contribution in [3.63, 3.8) is 0 Å². The monoisotopic (exact) mass is 406 g/mol. The first-order valence-corrected chi connectivity index (χ1v) is 10.3. The van der Waals surface area contributed by atoms with Gasteiger partial charge >= 0.3 is 0 Å². The minimum atomic E-state index is -0.188. The molecule has 30 heavy (non-hydrogen) atoms. The summed E-state index contributed by atoms with van der Waals surface area (Å²) in [5, 5.41) is 0. The molecule has 0 saturated carbocycles. The van der Waals surface area contributed by atoms with Gasteiger partial charge in [-0.25, -0.2) is 14.4 Å². The van der Waals surface area contributed by atoms with Crippen LogP contribution < -0.4 is 20.4 Å². The Bertz CT molecular complexity index is 1020. The predicted octanol–water partition coefficient (Wildman–Crippen LogP) is 3.99. The van der Waals surface area contributed by atoms with E-state index in [4.69, 9.17) is 5.73 Å². The minimum absolute atomic E-state index is 0.188. The molecule has 6 nitrogen and oxygen atoms in total. The van der Waals surface area contributed by atoms with Crippen LogP contribution in [0.1, 0.15) is 12.5 Å². The van der Waals surface area contributed by atoms with Crippen molar-refractivity contribution >= 4 is 28.7 Å². The molecule has 4 rings (SSSR count). The summed E-state index contributed by atoms with van der Waals surface area (Å²) in [6, 6.07) is 15.2. The van der Waals surface area contributed by atoms with Gasteiger partial charge in [0.2, 0.25) is 0 Å². The van der Waals surface area contributed by atoms with E-state index in [2.05, 4.69) is 56.7 Å². The number of halogens is 1. The van der Waals surface area contributed by atoms with Crippen LogP contribution in [0.2, 0.25) is 0 Å². The number of rotatable bonds is 5. The molecule has 2 N–H and O–H groups in total. The molecule has 3 aromatic rings. The number of anilines is 5. The van der Waals surface area contributed by atoms with Crippen molar-refractivity contribution in [2.24, 2.45) is 0 Å². The lowest BCUT2D eigenvalue weighted by atomic mass is 10.2. The Morgan fingerprint density at radius 2 is 1.73 bits per heavy atom. The van der Waals surface area contributed by atoms with Crippen molar-refractivity contribution in [3.05, 3.63) is 66.2 Å². The molecule has 156 valence electrons. The van der Waals surface area contributed by atoms with Crippen LogP contribution >= 0.6 is 0 Å². The fraction of sp³-hybridized carbons (Fsp3) is 0.304. The van der Waals surface area contributed by atoms with Crippen LogP contribution in [0.25, 0.3) is 0 Å². The van der Waals surface area contributed by atoms with E-state index in [0.717, 1.165) is 18.1 Å². The highest BCUT2D eigenvalue weighted by atomic mass is 19.1. The molecule has 7 heteroatoms. The van der Waals surface area contributed by atoms with Gasteiger partial charge in [0.05, 0.1) is 5.69 Å². The van der Waals surface area contributed by atoms with Crippen molar-refractivity contribution < 1.29 is 4.39 Å². The largest absolute Gasteiger partial charge is 0.393 e. The molecule has 0 amide bonds. The molecule has 0 atom stereocenters. The van der Waals surface area contributed by atoms with E-state index in [1.807, 2.05) is 18.2 Å². The first-order valence-electron chi connectivity index (χ1n) is 10.3. The number of hydrogen-bond acceptors (Lipinski definition) is 6. The van der Waals surface area contributed by atoms with Gasteiger partial charge in [0.15, 0.2) is 11.6 Å². The molecule has 0 radical (unpaired) electrons. The molecular weight excluding hydrogens is 379 g/mol. The molecule has 1 fully saturated rings. The number of benzene rings is 2. The highest BCUT2D eigenvalue weighted by Gasteiger charge is 2.24. The highest BCUT2D eigenvalue weighted by Crippen LogP contribution is 2.34. The number of nitrogens with zero attached hydrogens (tertiary/aromatic N) is 5. The summed E-state index contributed by atoms with van der Waals surface area (Å²) in [6.07, 6.45) is 1.57. The van der Waals surface area contributed by atoms with Gasteiger partial charge in [0.25, 0.3) is 0 Å². The first kappa shape index (κ1) is 19.9. The normalized spacial score (nSPS) is 14.1. The molecule has 0 unspecified atom stereocenters. The summed E-state index contributed by atoms with van der Waals surface area (Å²) in [5.74, 6) is 1.26. The van der Waals surface area contributed by atoms with Crippen molar-refractivity contribution in [2.75, 3.05) is 53.2 Å². The molecule has 1 aromatic heterocycles. The Balaban J connectivity index is 1.56. The number of nitrogens with two attached hydrogens (primary N) is 1. The van der Waals surface area contributed by atoms with E-state index in [1.54, 1.807) is 12.4 Å². The second-order valence-corrected chi connectivity index (χ2v) is 7.44. The Morgan fingerprint density at radius 3 is 2.43 bits per heavy atom. The van der Waals surface area contributed by atoms with Gasteiger partial charge in [-0.05, 0) is 43.7 Å². The Hall–Kier alpha value is -3.35. The topological polar surface area (TPSA) is 61.5 Å². The lowest BCUT2D eigenvalue weighted by Crippen LogP contribution is -2.47. The van der Waals surface area contributed by atoms with Crippen molar-refractivity contribution in [3.8, 4) is 0 Å². The van der Waals surface area contributed by atoms with Gasteiger partial charge in [0, 0.05) is 38.4 Å². The standard InChI is InChI=1S/C23H27FN6/c1-3-30(18-8-6-7-17(2)15-18)23-21(25)22(26-16-27-23)29-13-11-28(12-14-29)20-10-5-4-9-19(20)24/h4-10,15-16H,3,11-14,25H2,1-2H3. The average molecular weight is 407 g/mol. The van der Waals surface area contributed by atoms with Crippen molar-refractivity contribution in [2.45, 2.75) is 13.8 Å². The smallest absolute Gasteiger partial charge is 0.161 e. The zero-order valence-electron chi connectivity index (χ0n) is 17.4. The summed E-state index contributed by atoms with van der Waals surface area (Å²) in [7, 11) is 0. The maximum absolute atomic E-state index is 14.1. The second-order valence-electron chi connectivity index (χ2n) is 7.44. The summed E-state index contributed by atoms with van der Waals surface area (Å²) < 4.78 is 14.1. The Labute approximate surface area is 176 Å². The van der Waals surface area contributed by atoms with Gasteiger partial charge in [-0.1, -0.05) is 24.3 Å². The molecule has 0 spiro atoms. The third-order valence-corrected chi connectivity index (χ3v) is 5.50. The Morgan fingerprint density at radius 1 is 1.00 bits per heavy atom. The lowest BCUT2D eigenvalue weighted by molar-refractivity contribution is 0.596. The van der Waals surface area contributed by atoms with Gasteiger partial charge in [-0.2, -0.15) is 0 Å². The Kier molecular flexibility index (Phi) is 5.70. The van der Waals surface area contributed by atoms with E-state index in [1.165, 1.54) is 11.6 Å². The third kappa shape index (κ3) is 3.87. The van der Waals surface area contributed by atoms with Crippen LogP contribution in [0, 0.1) is 12.7 Å². The van der Waals surface area contributed by atoms with Gasteiger partial charge in [-0.3, -0.25) is 0 Å². The average Bonchev–Trinajstić information content (AvgIpc) is 2.76. The predicted molar refractivity (Wildman–Crippen MR) is 121 cm³/mol. The van der Waals surface area contributed by atoms with E-state index in [9.17, 15) is 4.39 Å². The molecule has 2 heterocycles. The first-order chi connectivity index (χ1) is 14.6. The van der Waals surface area contributed by atoms with Crippen LogP contribution in [0.4, 0.5) is 33.1 Å². The number of piperazine rings is 1. The molecule has 2 aromatic carbocycles. The maximum Gasteiger partial charge on any atom is 0.161 e. The number of nitrogen functional groups attached to an aromatic ring is 1. The fourth-order valence-corrected chi connectivity index (χ4v) is 3.96. The minimum Gasteiger partial charge on any atom is -0.393 e. The van der Waals surface area contributed by atoms with E-state index in [0.29, 0.717) is 43.4 Å². The zero-order chi connectivity index (χ0) is 21.1. The van der Waals surface area contributed by atoms with Crippen LogP contribution in [-0.4, -0.2) is 42.7 Å². The highest BCUT2D eigenvalue weighted by molar-refractivity contribution is 5.80. The second kappa shape index (κ2) is 8.57. The summed E-state index contributed by atoms with van der Waals surface area (Å²) in [5.41, 5.74) is 10.0. The number of hydrogen-bond donors (Lipinski definition) is 1. The number of aromatic nitrogens is 2.